The summed E-state index contributed by atoms with van der Waals surface area (Å²) in [5, 5.41) is 0. The molecule has 0 radical (unpaired) electrons. The molecule has 1 fully saturated rings. The Labute approximate surface area is 29.8 Å². The van der Waals surface area contributed by atoms with Gasteiger partial charge in [0.1, 0.15) is 0 Å². The third kappa shape index (κ3) is 0.115. The van der Waals surface area contributed by atoms with Crippen LogP contribution in [0.1, 0.15) is 10.5 Å². The largest absolute Gasteiger partial charge is 0.381 e. The van der Waals surface area contributed by atoms with Gasteiger partial charge in [0.05, 0.1) is 2.74 Å². The number of hydrogen-bond acceptors (Lipinski definition) is 1. The minimum atomic E-state index is -1.65. The molecule has 1 aliphatic heterocycles. The molecule has 1 atom stereocenters. The summed E-state index contributed by atoms with van der Waals surface area (Å²) in [5.74, 6) is 0. The fourth-order valence-corrected chi connectivity index (χ4v) is 0.0833. The first-order chi connectivity index (χ1) is 3.13. The molecule has 1 aliphatic rings. The minimum Gasteiger partial charge on any atom is -0.381 e. The molecule has 1 heterocycles. The Morgan fingerprint density at radius 3 is 2.75 bits per heavy atom. The van der Waals surface area contributed by atoms with E-state index in [2.05, 4.69) is 4.74 Å². The molecule has 0 aromatic carbocycles. The van der Waals surface area contributed by atoms with Gasteiger partial charge in [-0.15, -0.1) is 0 Å². The lowest BCUT2D eigenvalue weighted by Crippen LogP contribution is -2.09. The molecule has 0 bridgehead atoms. The van der Waals surface area contributed by atoms with E-state index in [0.29, 0.717) is 0 Å². The molecule has 0 aromatic heterocycles. The van der Waals surface area contributed by atoms with E-state index in [4.69, 9.17) is 4.11 Å². The summed E-state index contributed by atoms with van der Waals surface area (Å²) in [7, 11) is 0. The quantitative estimate of drug-likeness (QED) is 0.394. The lowest BCUT2D eigenvalue weighted by atomic mass is 10.4. The van der Waals surface area contributed by atoms with E-state index in [1.54, 1.807) is 0 Å². The van der Waals surface area contributed by atoms with Crippen molar-refractivity contribution in [3.8, 4) is 0 Å². The average molecular weight is 61.1 g/mol. The second kappa shape index (κ2) is 0.725. The number of rotatable bonds is 0. The summed E-state index contributed by atoms with van der Waals surface area (Å²) in [6.45, 7) is -1.41. The topological polar surface area (TPSA) is 9.23 Å². The summed E-state index contributed by atoms with van der Waals surface area (Å²) in [5.41, 5.74) is 0. The monoisotopic (exact) mass is 61.1 g/mol. The van der Waals surface area contributed by atoms with Crippen LogP contribution in [0.25, 0.3) is 0 Å². The van der Waals surface area contributed by atoms with E-state index in [1.807, 2.05) is 0 Å². The first-order valence-electron chi connectivity index (χ1n) is 2.77. The molecule has 1 heteroatoms. The Morgan fingerprint density at radius 2 is 2.75 bits per heavy atom. The maximum absolute atomic E-state index is 6.82. The van der Waals surface area contributed by atoms with Gasteiger partial charge in [0, 0.05) is 14.5 Å². The van der Waals surface area contributed by atoms with Gasteiger partial charge in [-0.2, -0.15) is 0 Å². The Kier molecular flexibility index (Phi) is 0.130. The van der Waals surface area contributed by atoms with Crippen molar-refractivity contribution >= 4 is 0 Å². The second-order valence-electron chi connectivity index (χ2n) is 0.633. The van der Waals surface area contributed by atoms with Gasteiger partial charge in [-0.25, -0.2) is 0 Å². The molecule has 4 heavy (non-hydrogen) atoms. The van der Waals surface area contributed by atoms with E-state index >= 15 is 0 Å². The Balaban J connectivity index is 2.43. The van der Waals surface area contributed by atoms with Crippen molar-refractivity contribution in [1.29, 1.82) is 0 Å². The van der Waals surface area contributed by atoms with Crippen molar-refractivity contribution in [3.05, 3.63) is 0 Å². The fraction of sp³-hybridized carbons (Fsp3) is 1.00. The summed E-state index contributed by atoms with van der Waals surface area (Å²) in [6, 6.07) is 0. The van der Waals surface area contributed by atoms with Gasteiger partial charge in [0.2, 0.25) is 0 Å². The summed E-state index contributed by atoms with van der Waals surface area (Å²) >= 11 is 0. The second-order valence-corrected chi connectivity index (χ2v) is 0.633. The van der Waals surface area contributed by atoms with Gasteiger partial charge in [-0.3, -0.25) is 0 Å². The molecule has 24 valence electrons. The Morgan fingerprint density at radius 1 is 2.00 bits per heavy atom. The molecular weight excluding hydrogens is 52.0 g/mol. The van der Waals surface area contributed by atoms with Crippen LogP contribution < -0.4 is 0 Å². The molecule has 0 N–H and O–H groups in total. The van der Waals surface area contributed by atoms with Crippen molar-refractivity contribution in [1.82, 2.24) is 0 Å². The van der Waals surface area contributed by atoms with Crippen LogP contribution in [0, 0.1) is 0 Å². The van der Waals surface area contributed by atoms with Crippen molar-refractivity contribution in [2.45, 2.75) is 6.40 Å². The van der Waals surface area contributed by atoms with Crippen LogP contribution in [-0.4, -0.2) is 13.2 Å². The zero-order chi connectivity index (χ0) is 5.49. The van der Waals surface area contributed by atoms with Crippen LogP contribution in [0.4, 0.5) is 0 Å². The third-order valence-corrected chi connectivity index (χ3v) is 0.333. The fourth-order valence-electron chi connectivity index (χ4n) is 0.0833. The van der Waals surface area contributed by atoms with Crippen LogP contribution in [0.2, 0.25) is 0 Å². The van der Waals surface area contributed by atoms with Crippen molar-refractivity contribution in [3.63, 3.8) is 0 Å². The van der Waals surface area contributed by atoms with E-state index in [9.17, 15) is 0 Å². The predicted molar refractivity (Wildman–Crippen MR) is 15.4 cm³/mol. The van der Waals surface area contributed by atoms with E-state index in [1.165, 1.54) is 0 Å². The van der Waals surface area contributed by atoms with Gasteiger partial charge >= 0.3 is 0 Å². The van der Waals surface area contributed by atoms with Crippen LogP contribution in [-0.2, 0) is 4.74 Å². The zero-order valence-corrected chi connectivity index (χ0v) is 2.19. The van der Waals surface area contributed by atoms with Gasteiger partial charge in [-0.1, -0.05) is 0 Å². The molecule has 1 rings (SSSR count). The normalized spacial score (nSPS) is 66.0. The van der Waals surface area contributed by atoms with E-state index in [0.717, 1.165) is 0 Å². The molecular formula is C3H6O. The van der Waals surface area contributed by atoms with Crippen LogP contribution in [0.5, 0.6) is 0 Å². The standard InChI is InChI=1S/C3H6O/c1-2-4-3-1/h1-3H2/i1D,2D2. The maximum atomic E-state index is 6.82. The first-order valence-corrected chi connectivity index (χ1v) is 1.19. The summed E-state index contributed by atoms with van der Waals surface area (Å²) in [4.78, 5) is 0. The Bertz CT molecular complexity index is 82.2. The van der Waals surface area contributed by atoms with Gasteiger partial charge < -0.3 is 4.74 Å². The van der Waals surface area contributed by atoms with Crippen LogP contribution in [0.3, 0.4) is 0 Å². The minimum absolute atomic E-state index is 0.243. The molecule has 1 unspecified atom stereocenters. The lowest BCUT2D eigenvalue weighted by molar-refractivity contribution is 0.0367. The lowest BCUT2D eigenvalue weighted by Gasteiger charge is -2.09. The van der Waals surface area contributed by atoms with E-state index in [-0.39, 0.29) is 6.61 Å². The smallest absolute Gasteiger partial charge is 0.0567 e. The van der Waals surface area contributed by atoms with Gasteiger partial charge in [0.15, 0.2) is 0 Å². The molecule has 1 nitrogen and oxygen atoms in total. The molecule has 0 aromatic rings. The van der Waals surface area contributed by atoms with Crippen LogP contribution in [0.15, 0.2) is 0 Å². The van der Waals surface area contributed by atoms with Crippen LogP contribution >= 0.6 is 0 Å². The van der Waals surface area contributed by atoms with Gasteiger partial charge in [0.25, 0.3) is 0 Å². The maximum Gasteiger partial charge on any atom is 0.0567 e. The average Bonchev–Trinajstić information content (AvgIpc) is 1.63. The highest BCUT2D eigenvalue weighted by Crippen LogP contribution is 1.92. The predicted octanol–water partition coefficient (Wildman–Crippen LogP) is 0.407. The SMILES string of the molecule is [2H]C1COC1([2H])[2H]. The third-order valence-electron chi connectivity index (χ3n) is 0.333. The molecule has 0 saturated carbocycles. The highest BCUT2D eigenvalue weighted by molar-refractivity contribution is 4.41. The number of hydrogen-bond donors (Lipinski definition) is 0. The molecule has 1 saturated heterocycles. The Hall–Kier alpha value is -0.0400. The highest BCUT2D eigenvalue weighted by Gasteiger charge is 1.94. The van der Waals surface area contributed by atoms with Crippen molar-refractivity contribution < 1.29 is 8.85 Å². The zero-order valence-electron chi connectivity index (χ0n) is 5.19. The van der Waals surface area contributed by atoms with Crippen molar-refractivity contribution in [2.24, 2.45) is 0 Å². The first kappa shape index (κ1) is 0.716. The van der Waals surface area contributed by atoms with Gasteiger partial charge in [-0.05, 0) is 6.40 Å². The summed E-state index contributed by atoms with van der Waals surface area (Å²) < 4.78 is 24.7. The molecule has 0 aliphatic carbocycles. The highest BCUT2D eigenvalue weighted by atomic mass is 16.5. The number of ether oxygens (including phenoxy) is 1. The molecule has 0 amide bonds. The van der Waals surface area contributed by atoms with Crippen molar-refractivity contribution in [2.75, 3.05) is 13.2 Å². The molecule has 0 spiro atoms. The van der Waals surface area contributed by atoms with E-state index < -0.39 is 13.0 Å². The summed E-state index contributed by atoms with van der Waals surface area (Å²) in [6.07, 6.45) is -0.660.